The predicted octanol–water partition coefficient (Wildman–Crippen LogP) is 4.77. The third-order valence-corrected chi connectivity index (χ3v) is 4.81. The molecule has 1 fully saturated rings. The predicted molar refractivity (Wildman–Crippen MR) is 77.4 cm³/mol. The number of hydrogen-bond acceptors (Lipinski definition) is 1. The lowest BCUT2D eigenvalue weighted by Gasteiger charge is -2.27. The van der Waals surface area contributed by atoms with Crippen molar-refractivity contribution in [1.82, 2.24) is 5.32 Å². The Morgan fingerprint density at radius 3 is 2.65 bits per heavy atom. The van der Waals surface area contributed by atoms with E-state index >= 15 is 0 Å². The largest absolute Gasteiger partial charge is 0.310 e. The standard InChI is InChI=1S/C14H19BrClN/c1-10-2-5-12(6-3-10)17-9-11-4-7-14(16)13(15)8-11/h4,7-8,10,12,17H,2-3,5-6,9H2,1H3. The molecule has 1 aromatic carbocycles. The van der Waals surface area contributed by atoms with E-state index in [1.54, 1.807) is 0 Å². The van der Waals surface area contributed by atoms with E-state index in [9.17, 15) is 0 Å². The van der Waals surface area contributed by atoms with Gasteiger partial charge in [0.1, 0.15) is 0 Å². The van der Waals surface area contributed by atoms with Crippen LogP contribution in [-0.2, 0) is 6.54 Å². The van der Waals surface area contributed by atoms with E-state index in [1.165, 1.54) is 31.2 Å². The maximum absolute atomic E-state index is 5.98. The van der Waals surface area contributed by atoms with Crippen LogP contribution >= 0.6 is 27.5 Å². The Bertz CT molecular complexity index is 372. The summed E-state index contributed by atoms with van der Waals surface area (Å²) in [6.07, 6.45) is 5.36. The fourth-order valence-corrected chi connectivity index (χ4v) is 2.92. The van der Waals surface area contributed by atoms with Gasteiger partial charge in [0, 0.05) is 17.1 Å². The normalized spacial score (nSPS) is 24.9. The topological polar surface area (TPSA) is 12.0 Å². The molecular weight excluding hydrogens is 298 g/mol. The van der Waals surface area contributed by atoms with Crippen LogP contribution in [0.1, 0.15) is 38.2 Å². The molecule has 1 aliphatic carbocycles. The van der Waals surface area contributed by atoms with Crippen LogP contribution in [-0.4, -0.2) is 6.04 Å². The Labute approximate surface area is 117 Å². The molecule has 1 saturated carbocycles. The monoisotopic (exact) mass is 315 g/mol. The van der Waals surface area contributed by atoms with Gasteiger partial charge in [-0.05, 0) is 65.2 Å². The van der Waals surface area contributed by atoms with Gasteiger partial charge in [0.2, 0.25) is 0 Å². The zero-order valence-electron chi connectivity index (χ0n) is 10.2. The fourth-order valence-electron chi connectivity index (χ4n) is 2.38. The quantitative estimate of drug-likeness (QED) is 0.847. The summed E-state index contributed by atoms with van der Waals surface area (Å²) in [4.78, 5) is 0. The Morgan fingerprint density at radius 2 is 2.00 bits per heavy atom. The van der Waals surface area contributed by atoms with Gasteiger partial charge in [0.05, 0.1) is 5.02 Å². The number of rotatable bonds is 3. The molecule has 0 bridgehead atoms. The van der Waals surface area contributed by atoms with E-state index in [4.69, 9.17) is 11.6 Å². The second-order valence-corrected chi connectivity index (χ2v) is 6.35. The average molecular weight is 317 g/mol. The minimum Gasteiger partial charge on any atom is -0.310 e. The summed E-state index contributed by atoms with van der Waals surface area (Å²) in [6, 6.07) is 6.83. The zero-order chi connectivity index (χ0) is 12.3. The van der Waals surface area contributed by atoms with Crippen molar-refractivity contribution in [1.29, 1.82) is 0 Å². The molecule has 0 aliphatic heterocycles. The molecule has 0 unspecified atom stereocenters. The minimum absolute atomic E-state index is 0.695. The van der Waals surface area contributed by atoms with Gasteiger partial charge in [-0.25, -0.2) is 0 Å². The van der Waals surface area contributed by atoms with Crippen molar-refractivity contribution >= 4 is 27.5 Å². The number of halogens is 2. The third kappa shape index (κ3) is 3.97. The average Bonchev–Trinajstić information content (AvgIpc) is 2.33. The highest BCUT2D eigenvalue weighted by Gasteiger charge is 2.17. The van der Waals surface area contributed by atoms with Crippen molar-refractivity contribution in [2.24, 2.45) is 5.92 Å². The number of hydrogen-bond donors (Lipinski definition) is 1. The summed E-state index contributed by atoms with van der Waals surface area (Å²) in [5.74, 6) is 0.915. The van der Waals surface area contributed by atoms with Crippen LogP contribution < -0.4 is 5.32 Å². The van der Waals surface area contributed by atoms with E-state index in [2.05, 4.69) is 40.3 Å². The fraction of sp³-hybridized carbons (Fsp3) is 0.571. The molecule has 0 spiro atoms. The summed E-state index contributed by atoms with van der Waals surface area (Å²) < 4.78 is 0.982. The lowest BCUT2D eigenvalue weighted by molar-refractivity contribution is 0.306. The highest BCUT2D eigenvalue weighted by molar-refractivity contribution is 9.10. The van der Waals surface area contributed by atoms with Crippen LogP contribution in [0.3, 0.4) is 0 Å². The van der Waals surface area contributed by atoms with Gasteiger partial charge in [-0.2, -0.15) is 0 Å². The van der Waals surface area contributed by atoms with Gasteiger partial charge in [-0.3, -0.25) is 0 Å². The summed E-state index contributed by atoms with van der Waals surface area (Å²) in [7, 11) is 0. The highest BCUT2D eigenvalue weighted by atomic mass is 79.9. The second-order valence-electron chi connectivity index (χ2n) is 5.09. The van der Waals surface area contributed by atoms with Gasteiger partial charge in [-0.15, -0.1) is 0 Å². The first kappa shape index (κ1) is 13.4. The van der Waals surface area contributed by atoms with Gasteiger partial charge in [0.15, 0.2) is 0 Å². The van der Waals surface area contributed by atoms with Gasteiger partial charge in [-0.1, -0.05) is 24.6 Å². The van der Waals surface area contributed by atoms with Crippen molar-refractivity contribution in [3.05, 3.63) is 33.3 Å². The van der Waals surface area contributed by atoms with Crippen molar-refractivity contribution in [2.45, 2.75) is 45.2 Å². The molecule has 94 valence electrons. The summed E-state index contributed by atoms with van der Waals surface area (Å²) >= 11 is 9.44. The molecular formula is C14H19BrClN. The van der Waals surface area contributed by atoms with Crippen LogP contribution in [0.4, 0.5) is 0 Å². The molecule has 3 heteroatoms. The van der Waals surface area contributed by atoms with Crippen molar-refractivity contribution in [2.75, 3.05) is 0 Å². The van der Waals surface area contributed by atoms with E-state index in [0.717, 1.165) is 22.0 Å². The van der Waals surface area contributed by atoms with E-state index in [-0.39, 0.29) is 0 Å². The summed E-state index contributed by atoms with van der Waals surface area (Å²) in [6.45, 7) is 3.29. The van der Waals surface area contributed by atoms with E-state index < -0.39 is 0 Å². The molecule has 1 nitrogen and oxygen atoms in total. The molecule has 0 aromatic heterocycles. The molecule has 0 heterocycles. The van der Waals surface area contributed by atoms with Crippen molar-refractivity contribution in [3.8, 4) is 0 Å². The van der Waals surface area contributed by atoms with Crippen LogP contribution in [0.15, 0.2) is 22.7 Å². The molecule has 1 aromatic rings. The first-order valence-corrected chi connectivity index (χ1v) is 7.49. The Kier molecular flexibility index (Phi) is 4.89. The van der Waals surface area contributed by atoms with Crippen molar-refractivity contribution in [3.63, 3.8) is 0 Å². The van der Waals surface area contributed by atoms with Gasteiger partial charge >= 0.3 is 0 Å². The van der Waals surface area contributed by atoms with Crippen LogP contribution in [0, 0.1) is 5.92 Å². The molecule has 0 saturated heterocycles. The SMILES string of the molecule is CC1CCC(NCc2ccc(Cl)c(Br)c2)CC1. The first-order chi connectivity index (χ1) is 8.15. The third-order valence-electron chi connectivity index (χ3n) is 3.59. The molecule has 0 radical (unpaired) electrons. The number of benzene rings is 1. The van der Waals surface area contributed by atoms with Crippen LogP contribution in [0.2, 0.25) is 5.02 Å². The molecule has 2 rings (SSSR count). The molecule has 1 N–H and O–H groups in total. The summed E-state index contributed by atoms with van der Waals surface area (Å²) in [5.41, 5.74) is 1.29. The molecule has 0 atom stereocenters. The maximum Gasteiger partial charge on any atom is 0.0548 e. The summed E-state index contributed by atoms with van der Waals surface area (Å²) in [5, 5.41) is 4.42. The maximum atomic E-state index is 5.98. The lowest BCUT2D eigenvalue weighted by Crippen LogP contribution is -2.32. The van der Waals surface area contributed by atoms with E-state index in [0.29, 0.717) is 6.04 Å². The van der Waals surface area contributed by atoms with Crippen molar-refractivity contribution < 1.29 is 0 Å². The first-order valence-electron chi connectivity index (χ1n) is 6.32. The van der Waals surface area contributed by atoms with Crippen LogP contribution in [0.25, 0.3) is 0 Å². The second kappa shape index (κ2) is 6.21. The smallest absolute Gasteiger partial charge is 0.0548 e. The molecule has 17 heavy (non-hydrogen) atoms. The molecule has 1 aliphatic rings. The van der Waals surface area contributed by atoms with E-state index in [1.807, 2.05) is 6.07 Å². The Balaban J connectivity index is 1.83. The Hall–Kier alpha value is -0.0500. The molecule has 0 amide bonds. The lowest BCUT2D eigenvalue weighted by atomic mass is 9.87. The zero-order valence-corrected chi connectivity index (χ0v) is 12.5. The Morgan fingerprint density at radius 1 is 1.29 bits per heavy atom. The highest BCUT2D eigenvalue weighted by Crippen LogP contribution is 2.25. The van der Waals surface area contributed by atoms with Gasteiger partial charge < -0.3 is 5.32 Å². The minimum atomic E-state index is 0.695. The van der Waals surface area contributed by atoms with Crippen LogP contribution in [0.5, 0.6) is 0 Å². The number of nitrogens with one attached hydrogen (secondary N) is 1. The van der Waals surface area contributed by atoms with Gasteiger partial charge in [0.25, 0.3) is 0 Å².